The summed E-state index contributed by atoms with van der Waals surface area (Å²) in [5.41, 5.74) is 0.198. The van der Waals surface area contributed by atoms with Gasteiger partial charge in [-0.3, -0.25) is 4.79 Å². The highest BCUT2D eigenvalue weighted by molar-refractivity contribution is 9.10. The first-order valence-corrected chi connectivity index (χ1v) is 10.9. The van der Waals surface area contributed by atoms with Gasteiger partial charge in [-0.2, -0.15) is 4.31 Å². The summed E-state index contributed by atoms with van der Waals surface area (Å²) in [5.74, 6) is -0.877. The predicted octanol–water partition coefficient (Wildman–Crippen LogP) is 4.04. The minimum Gasteiger partial charge on any atom is -0.336 e. The fourth-order valence-corrected chi connectivity index (χ4v) is 5.35. The Bertz CT molecular complexity index is 996. The van der Waals surface area contributed by atoms with Crippen LogP contribution >= 0.6 is 39.1 Å². The molecule has 0 aliphatic carbocycles. The average molecular weight is 496 g/mol. The van der Waals surface area contributed by atoms with E-state index in [1.165, 1.54) is 39.5 Å². The van der Waals surface area contributed by atoms with E-state index < -0.39 is 15.8 Å². The molecule has 1 aliphatic rings. The maximum absolute atomic E-state index is 13.4. The van der Waals surface area contributed by atoms with Crippen molar-refractivity contribution in [2.45, 2.75) is 4.90 Å². The van der Waals surface area contributed by atoms with Gasteiger partial charge in [0.15, 0.2) is 0 Å². The fourth-order valence-electron chi connectivity index (χ4n) is 2.78. The monoisotopic (exact) mass is 494 g/mol. The van der Waals surface area contributed by atoms with Gasteiger partial charge in [0.05, 0.1) is 10.6 Å². The van der Waals surface area contributed by atoms with Crippen LogP contribution in [-0.2, 0) is 10.0 Å². The quantitative estimate of drug-likeness (QED) is 0.645. The third kappa shape index (κ3) is 4.30. The molecule has 27 heavy (non-hydrogen) atoms. The first-order chi connectivity index (χ1) is 12.7. The molecule has 2 aromatic rings. The van der Waals surface area contributed by atoms with Crippen molar-refractivity contribution in [3.63, 3.8) is 0 Å². The van der Waals surface area contributed by atoms with E-state index in [4.69, 9.17) is 23.2 Å². The number of rotatable bonds is 3. The molecule has 0 aromatic heterocycles. The lowest BCUT2D eigenvalue weighted by Crippen LogP contribution is -2.50. The number of piperazine rings is 1. The average Bonchev–Trinajstić information content (AvgIpc) is 2.65. The van der Waals surface area contributed by atoms with Crippen LogP contribution in [0.4, 0.5) is 4.39 Å². The van der Waals surface area contributed by atoms with Gasteiger partial charge in [0.1, 0.15) is 10.7 Å². The minimum atomic E-state index is -3.83. The standard InChI is InChI=1S/C17H14BrCl2FN2O3S/c18-14-3-2-12(21)10-13(14)17(24)22-5-7-23(8-6-22)27(25,26)16-9-11(19)1-4-15(16)20/h1-4,9-10H,5-8H2. The van der Waals surface area contributed by atoms with Crippen LogP contribution < -0.4 is 0 Å². The summed E-state index contributed by atoms with van der Waals surface area (Å²) in [6.45, 7) is 0.562. The first-order valence-electron chi connectivity index (χ1n) is 7.89. The molecule has 1 heterocycles. The van der Waals surface area contributed by atoms with Crippen molar-refractivity contribution in [2.24, 2.45) is 0 Å². The van der Waals surface area contributed by atoms with E-state index in [0.29, 0.717) is 4.47 Å². The second-order valence-electron chi connectivity index (χ2n) is 5.90. The van der Waals surface area contributed by atoms with E-state index in [1.54, 1.807) is 0 Å². The van der Waals surface area contributed by atoms with Gasteiger partial charge < -0.3 is 4.90 Å². The summed E-state index contributed by atoms with van der Waals surface area (Å²) >= 11 is 15.2. The highest BCUT2D eigenvalue weighted by Crippen LogP contribution is 2.28. The summed E-state index contributed by atoms with van der Waals surface area (Å²) in [5, 5.41) is 0.351. The van der Waals surface area contributed by atoms with Crippen molar-refractivity contribution < 1.29 is 17.6 Å². The molecule has 0 bridgehead atoms. The molecule has 1 fully saturated rings. The normalized spacial score (nSPS) is 15.8. The van der Waals surface area contributed by atoms with Crippen molar-refractivity contribution in [1.29, 1.82) is 0 Å². The molecule has 1 aliphatic heterocycles. The largest absolute Gasteiger partial charge is 0.336 e. The summed E-state index contributed by atoms with van der Waals surface area (Å²) in [6.07, 6.45) is 0. The smallest absolute Gasteiger partial charge is 0.255 e. The van der Waals surface area contributed by atoms with Crippen LogP contribution in [0, 0.1) is 5.82 Å². The Hall–Kier alpha value is -1.19. The Labute approximate surface area is 174 Å². The van der Waals surface area contributed by atoms with Crippen LogP contribution in [0.2, 0.25) is 10.0 Å². The number of nitrogens with zero attached hydrogens (tertiary/aromatic N) is 2. The van der Waals surface area contributed by atoms with Gasteiger partial charge in [0.25, 0.3) is 5.91 Å². The summed E-state index contributed by atoms with van der Waals surface area (Å²) in [6, 6.07) is 8.11. The Morgan fingerprint density at radius 1 is 1.04 bits per heavy atom. The highest BCUT2D eigenvalue weighted by Gasteiger charge is 2.32. The summed E-state index contributed by atoms with van der Waals surface area (Å²) in [4.78, 5) is 14.0. The van der Waals surface area contributed by atoms with Crippen molar-refractivity contribution in [2.75, 3.05) is 26.2 Å². The molecule has 3 rings (SSSR count). The Morgan fingerprint density at radius 3 is 2.37 bits per heavy atom. The second kappa shape index (κ2) is 8.05. The number of carbonyl (C=O) groups is 1. The van der Waals surface area contributed by atoms with Crippen molar-refractivity contribution in [1.82, 2.24) is 9.21 Å². The maximum atomic E-state index is 13.4. The van der Waals surface area contributed by atoms with E-state index in [0.717, 1.165) is 6.07 Å². The van der Waals surface area contributed by atoms with Crippen molar-refractivity contribution >= 4 is 55.1 Å². The number of benzene rings is 2. The third-order valence-corrected chi connectivity index (χ3v) is 7.50. The Balaban J connectivity index is 1.76. The second-order valence-corrected chi connectivity index (χ2v) is 9.50. The van der Waals surface area contributed by atoms with Gasteiger partial charge in [0.2, 0.25) is 10.0 Å². The molecular formula is C17H14BrCl2FN2O3S. The van der Waals surface area contributed by atoms with E-state index in [9.17, 15) is 17.6 Å². The van der Waals surface area contributed by atoms with Crippen molar-refractivity contribution in [3.8, 4) is 0 Å². The zero-order chi connectivity index (χ0) is 19.8. The lowest BCUT2D eigenvalue weighted by Gasteiger charge is -2.34. The number of hydrogen-bond acceptors (Lipinski definition) is 3. The van der Waals surface area contributed by atoms with E-state index in [2.05, 4.69) is 15.9 Å². The zero-order valence-corrected chi connectivity index (χ0v) is 17.7. The molecule has 0 unspecified atom stereocenters. The van der Waals surface area contributed by atoms with E-state index in [1.807, 2.05) is 0 Å². The van der Waals surface area contributed by atoms with Crippen LogP contribution in [0.3, 0.4) is 0 Å². The molecule has 0 saturated carbocycles. The molecule has 0 spiro atoms. The lowest BCUT2D eigenvalue weighted by atomic mass is 10.2. The number of hydrogen-bond donors (Lipinski definition) is 0. The third-order valence-electron chi connectivity index (χ3n) is 4.20. The van der Waals surface area contributed by atoms with Gasteiger partial charge in [-0.25, -0.2) is 12.8 Å². The molecule has 1 amide bonds. The highest BCUT2D eigenvalue weighted by atomic mass is 79.9. The molecule has 5 nitrogen and oxygen atoms in total. The first kappa shape index (κ1) is 20.5. The lowest BCUT2D eigenvalue weighted by molar-refractivity contribution is 0.0696. The molecular weight excluding hydrogens is 482 g/mol. The number of sulfonamides is 1. The van der Waals surface area contributed by atoms with Gasteiger partial charge in [-0.15, -0.1) is 0 Å². The minimum absolute atomic E-state index is 0.0654. The molecule has 0 atom stereocenters. The van der Waals surface area contributed by atoms with Crippen LogP contribution in [0.1, 0.15) is 10.4 Å². The van der Waals surface area contributed by atoms with Gasteiger partial charge in [0, 0.05) is 35.7 Å². The van der Waals surface area contributed by atoms with Crippen LogP contribution in [-0.4, -0.2) is 49.7 Å². The van der Waals surface area contributed by atoms with Gasteiger partial charge >= 0.3 is 0 Å². The summed E-state index contributed by atoms with van der Waals surface area (Å²) in [7, 11) is -3.83. The SMILES string of the molecule is O=C(c1cc(F)ccc1Br)N1CCN(S(=O)(=O)c2cc(Cl)ccc2Cl)CC1. The van der Waals surface area contributed by atoms with Crippen LogP contribution in [0.25, 0.3) is 0 Å². The fraction of sp³-hybridized carbons (Fsp3) is 0.235. The molecule has 2 aromatic carbocycles. The molecule has 144 valence electrons. The molecule has 1 saturated heterocycles. The van der Waals surface area contributed by atoms with Crippen molar-refractivity contribution in [3.05, 3.63) is 62.3 Å². The van der Waals surface area contributed by atoms with Crippen LogP contribution in [0.15, 0.2) is 45.8 Å². The molecule has 0 radical (unpaired) electrons. The van der Waals surface area contributed by atoms with E-state index >= 15 is 0 Å². The Morgan fingerprint density at radius 2 is 1.70 bits per heavy atom. The van der Waals surface area contributed by atoms with Crippen LogP contribution in [0.5, 0.6) is 0 Å². The summed E-state index contributed by atoms with van der Waals surface area (Å²) < 4.78 is 40.8. The van der Waals surface area contributed by atoms with Gasteiger partial charge in [-0.1, -0.05) is 23.2 Å². The molecule has 0 N–H and O–H groups in total. The van der Waals surface area contributed by atoms with E-state index in [-0.39, 0.29) is 52.6 Å². The number of amides is 1. The zero-order valence-electron chi connectivity index (χ0n) is 13.8. The number of halogens is 4. The Kier molecular flexibility index (Phi) is 6.12. The van der Waals surface area contributed by atoms with Gasteiger partial charge in [-0.05, 0) is 52.3 Å². The molecule has 10 heteroatoms. The maximum Gasteiger partial charge on any atom is 0.255 e. The predicted molar refractivity (Wildman–Crippen MR) is 105 cm³/mol. The number of carbonyl (C=O) groups excluding carboxylic acids is 1. The topological polar surface area (TPSA) is 57.7 Å².